The Morgan fingerprint density at radius 1 is 1.37 bits per heavy atom. The third kappa shape index (κ3) is 3.96. The van der Waals surface area contributed by atoms with Crippen molar-refractivity contribution in [1.82, 2.24) is 5.32 Å². The zero-order valence-electron chi connectivity index (χ0n) is 11.3. The molecule has 1 aromatic rings. The van der Waals surface area contributed by atoms with Gasteiger partial charge in [-0.3, -0.25) is 4.79 Å². The lowest BCUT2D eigenvalue weighted by Gasteiger charge is -2.16. The van der Waals surface area contributed by atoms with Crippen LogP contribution in [0.4, 0.5) is 0 Å². The molecule has 0 aromatic heterocycles. The number of hydrogen-bond acceptors (Lipinski definition) is 3. The van der Waals surface area contributed by atoms with Crippen LogP contribution in [-0.4, -0.2) is 24.2 Å². The van der Waals surface area contributed by atoms with Crippen molar-refractivity contribution in [2.24, 2.45) is 0 Å². The molecule has 0 amide bonds. The number of carbonyl (C=O) groups is 1. The summed E-state index contributed by atoms with van der Waals surface area (Å²) in [6.45, 7) is 0. The van der Waals surface area contributed by atoms with E-state index in [2.05, 4.69) is 5.32 Å². The molecule has 0 heterocycles. The van der Waals surface area contributed by atoms with Crippen LogP contribution >= 0.6 is 0 Å². The topological polar surface area (TPSA) is 58.6 Å². The van der Waals surface area contributed by atoms with Gasteiger partial charge in [-0.2, -0.15) is 0 Å². The molecule has 19 heavy (non-hydrogen) atoms. The molecule has 1 aliphatic rings. The maximum Gasteiger partial charge on any atom is 0.305 e. The van der Waals surface area contributed by atoms with Crippen LogP contribution < -0.4 is 10.1 Å². The smallest absolute Gasteiger partial charge is 0.305 e. The Balaban J connectivity index is 1.97. The molecule has 1 aromatic carbocycles. The number of hydrogen-bond donors (Lipinski definition) is 2. The van der Waals surface area contributed by atoms with Crippen molar-refractivity contribution in [3.05, 3.63) is 29.8 Å². The molecule has 0 spiro atoms. The number of ether oxygens (including phenoxy) is 1. The fourth-order valence-corrected chi connectivity index (χ4v) is 2.54. The van der Waals surface area contributed by atoms with Gasteiger partial charge in [0, 0.05) is 6.04 Å². The average Bonchev–Trinajstić information content (AvgIpc) is 2.90. The second-order valence-corrected chi connectivity index (χ2v) is 5.03. The van der Waals surface area contributed by atoms with E-state index >= 15 is 0 Å². The molecule has 4 heteroatoms. The number of aliphatic carboxylic acids is 1. The third-order valence-electron chi connectivity index (χ3n) is 3.61. The van der Waals surface area contributed by atoms with Gasteiger partial charge in [0.1, 0.15) is 5.75 Å². The Hall–Kier alpha value is -1.55. The minimum absolute atomic E-state index is 0.0827. The molecule has 1 saturated carbocycles. The van der Waals surface area contributed by atoms with Crippen LogP contribution in [0.5, 0.6) is 5.75 Å². The molecule has 0 bridgehead atoms. The molecule has 1 atom stereocenters. The maximum atomic E-state index is 10.8. The highest BCUT2D eigenvalue weighted by Crippen LogP contribution is 2.25. The van der Waals surface area contributed by atoms with Crippen molar-refractivity contribution in [3.8, 4) is 5.75 Å². The van der Waals surface area contributed by atoms with Crippen molar-refractivity contribution in [2.75, 3.05) is 7.05 Å². The Labute approximate surface area is 113 Å². The predicted molar refractivity (Wildman–Crippen MR) is 73.4 cm³/mol. The van der Waals surface area contributed by atoms with Crippen molar-refractivity contribution >= 4 is 5.97 Å². The zero-order valence-corrected chi connectivity index (χ0v) is 11.3. The average molecular weight is 263 g/mol. The van der Waals surface area contributed by atoms with Crippen LogP contribution in [0.2, 0.25) is 0 Å². The Morgan fingerprint density at radius 2 is 2.00 bits per heavy atom. The third-order valence-corrected chi connectivity index (χ3v) is 3.61. The van der Waals surface area contributed by atoms with E-state index in [-0.39, 0.29) is 12.5 Å². The number of rotatable bonds is 6. The van der Waals surface area contributed by atoms with E-state index in [4.69, 9.17) is 9.84 Å². The summed E-state index contributed by atoms with van der Waals surface area (Å²) in [5.74, 6) is 0.0754. The molecule has 2 rings (SSSR count). The second kappa shape index (κ2) is 6.57. The molecular weight excluding hydrogens is 242 g/mol. The van der Waals surface area contributed by atoms with Crippen molar-refractivity contribution in [3.63, 3.8) is 0 Å². The van der Waals surface area contributed by atoms with Gasteiger partial charge in [-0.05, 0) is 50.4 Å². The second-order valence-electron chi connectivity index (χ2n) is 5.03. The highest BCUT2D eigenvalue weighted by atomic mass is 16.5. The first-order chi connectivity index (χ1) is 9.19. The maximum absolute atomic E-state index is 10.8. The molecule has 0 saturated heterocycles. The van der Waals surface area contributed by atoms with E-state index in [0.29, 0.717) is 6.10 Å². The van der Waals surface area contributed by atoms with Gasteiger partial charge in [-0.25, -0.2) is 0 Å². The highest BCUT2D eigenvalue weighted by Gasteiger charge is 2.17. The fourth-order valence-electron chi connectivity index (χ4n) is 2.54. The SMILES string of the molecule is CNC(CC(=O)O)c1ccc(OC2CCCC2)cc1. The van der Waals surface area contributed by atoms with E-state index in [1.165, 1.54) is 12.8 Å². The molecule has 1 unspecified atom stereocenters. The summed E-state index contributed by atoms with van der Waals surface area (Å²) in [5, 5.41) is 11.9. The molecular formula is C15H21NO3. The first-order valence-corrected chi connectivity index (χ1v) is 6.84. The van der Waals surface area contributed by atoms with Crippen LogP contribution in [0.25, 0.3) is 0 Å². The number of benzene rings is 1. The van der Waals surface area contributed by atoms with Crippen LogP contribution in [0, 0.1) is 0 Å². The van der Waals surface area contributed by atoms with Gasteiger partial charge in [-0.1, -0.05) is 12.1 Å². The lowest BCUT2D eigenvalue weighted by atomic mass is 10.0. The van der Waals surface area contributed by atoms with Crippen molar-refractivity contribution in [1.29, 1.82) is 0 Å². The van der Waals surface area contributed by atoms with Gasteiger partial charge in [0.2, 0.25) is 0 Å². The Kier molecular flexibility index (Phi) is 4.80. The minimum atomic E-state index is -0.800. The lowest BCUT2D eigenvalue weighted by Crippen LogP contribution is -2.19. The molecule has 1 fully saturated rings. The largest absolute Gasteiger partial charge is 0.490 e. The van der Waals surface area contributed by atoms with Gasteiger partial charge in [-0.15, -0.1) is 0 Å². The molecule has 1 aliphatic carbocycles. The van der Waals surface area contributed by atoms with Crippen LogP contribution in [0.3, 0.4) is 0 Å². The van der Waals surface area contributed by atoms with Crippen LogP contribution in [0.1, 0.15) is 43.7 Å². The molecule has 104 valence electrons. The van der Waals surface area contributed by atoms with Gasteiger partial charge < -0.3 is 15.2 Å². The summed E-state index contributed by atoms with van der Waals surface area (Å²) in [6, 6.07) is 7.58. The van der Waals surface area contributed by atoms with E-state index < -0.39 is 5.97 Å². The molecule has 2 N–H and O–H groups in total. The zero-order chi connectivity index (χ0) is 13.7. The standard InChI is InChI=1S/C15H21NO3/c1-16-14(10-15(17)18)11-6-8-13(9-7-11)19-12-4-2-3-5-12/h6-9,12,14,16H,2-5,10H2,1H3,(H,17,18). The predicted octanol–water partition coefficient (Wildman–Crippen LogP) is 2.74. The number of carboxylic acid groups (broad SMARTS) is 1. The first-order valence-electron chi connectivity index (χ1n) is 6.84. The molecule has 0 radical (unpaired) electrons. The highest BCUT2D eigenvalue weighted by molar-refractivity contribution is 5.68. The summed E-state index contributed by atoms with van der Waals surface area (Å²) in [7, 11) is 1.77. The van der Waals surface area contributed by atoms with Crippen molar-refractivity contribution in [2.45, 2.75) is 44.2 Å². The summed E-state index contributed by atoms with van der Waals surface area (Å²) in [6.07, 6.45) is 5.22. The minimum Gasteiger partial charge on any atom is -0.490 e. The van der Waals surface area contributed by atoms with Crippen molar-refractivity contribution < 1.29 is 14.6 Å². The summed E-state index contributed by atoms with van der Waals surface area (Å²) >= 11 is 0. The fraction of sp³-hybridized carbons (Fsp3) is 0.533. The van der Waals surface area contributed by atoms with Gasteiger partial charge in [0.15, 0.2) is 0 Å². The first kappa shape index (κ1) is 13.9. The van der Waals surface area contributed by atoms with Gasteiger partial charge in [0.05, 0.1) is 12.5 Å². The summed E-state index contributed by atoms with van der Waals surface area (Å²) in [5.41, 5.74) is 0.976. The quantitative estimate of drug-likeness (QED) is 0.828. The number of carboxylic acids is 1. The van der Waals surface area contributed by atoms with E-state index in [1.807, 2.05) is 24.3 Å². The summed E-state index contributed by atoms with van der Waals surface area (Å²) < 4.78 is 5.89. The Bertz CT molecular complexity index is 410. The van der Waals surface area contributed by atoms with Gasteiger partial charge in [0.25, 0.3) is 0 Å². The number of nitrogens with one attached hydrogen (secondary N) is 1. The van der Waals surface area contributed by atoms with E-state index in [9.17, 15) is 4.79 Å². The van der Waals surface area contributed by atoms with Crippen LogP contribution in [0.15, 0.2) is 24.3 Å². The van der Waals surface area contributed by atoms with E-state index in [1.54, 1.807) is 7.05 Å². The Morgan fingerprint density at radius 3 is 2.53 bits per heavy atom. The van der Waals surface area contributed by atoms with Gasteiger partial charge >= 0.3 is 5.97 Å². The monoisotopic (exact) mass is 263 g/mol. The molecule has 4 nitrogen and oxygen atoms in total. The van der Waals surface area contributed by atoms with Crippen LogP contribution in [-0.2, 0) is 4.79 Å². The normalized spacial score (nSPS) is 17.3. The lowest BCUT2D eigenvalue weighted by molar-refractivity contribution is -0.137. The molecule has 0 aliphatic heterocycles. The summed E-state index contributed by atoms with van der Waals surface area (Å²) in [4.78, 5) is 10.8. The van der Waals surface area contributed by atoms with E-state index in [0.717, 1.165) is 24.2 Å².